The van der Waals surface area contributed by atoms with Crippen molar-refractivity contribution in [1.29, 1.82) is 0 Å². The normalized spacial score (nSPS) is 13.1. The summed E-state index contributed by atoms with van der Waals surface area (Å²) in [5.41, 5.74) is -0.441. The summed E-state index contributed by atoms with van der Waals surface area (Å²) in [4.78, 5) is 7.70. The van der Waals surface area contributed by atoms with Crippen LogP contribution in [0.4, 0.5) is 22.0 Å². The number of halogens is 6. The van der Waals surface area contributed by atoms with Crippen LogP contribution in [0.3, 0.4) is 0 Å². The molecule has 11 heteroatoms. The molecule has 0 bridgehead atoms. The average molecular weight is 520 g/mol. The van der Waals surface area contributed by atoms with Gasteiger partial charge >= 0.3 is 6.18 Å². The van der Waals surface area contributed by atoms with Gasteiger partial charge in [-0.2, -0.15) is 13.2 Å². The van der Waals surface area contributed by atoms with Gasteiger partial charge in [0.05, 0.1) is 12.6 Å². The Morgan fingerprint density at radius 3 is 2.52 bits per heavy atom. The number of aromatic nitrogens is 1. The number of rotatable bonds is 5. The Bertz CT molecular complexity index is 778. The summed E-state index contributed by atoms with van der Waals surface area (Å²) in [6.07, 6.45) is -4.48. The molecule has 0 aliphatic carbocycles. The van der Waals surface area contributed by atoms with E-state index in [0.717, 1.165) is 28.8 Å². The number of nitrogens with zero attached hydrogens (tertiary/aromatic N) is 2. The lowest BCUT2D eigenvalue weighted by molar-refractivity contribution is -0.140. The summed E-state index contributed by atoms with van der Waals surface area (Å²) in [6.45, 7) is 4.03. The summed E-state index contributed by atoms with van der Waals surface area (Å²) < 4.78 is 64.1. The number of hydrogen-bond donors (Lipinski definition) is 2. The van der Waals surface area contributed by atoms with Crippen LogP contribution in [-0.4, -0.2) is 17.5 Å². The maximum atomic E-state index is 13.3. The minimum absolute atomic E-state index is 0. The van der Waals surface area contributed by atoms with Gasteiger partial charge in [-0.3, -0.25) is 0 Å². The van der Waals surface area contributed by atoms with Gasteiger partial charge in [0, 0.05) is 11.9 Å². The SMILES string of the molecule is CCNC(=NCc1nc(C(F)(F)F)cs1)NC(C)c1ccc(F)c(F)c1.I. The van der Waals surface area contributed by atoms with E-state index in [-0.39, 0.29) is 35.5 Å². The maximum absolute atomic E-state index is 13.3. The first-order valence-electron chi connectivity index (χ1n) is 7.72. The van der Waals surface area contributed by atoms with Crippen LogP contribution in [0.1, 0.15) is 36.2 Å². The van der Waals surface area contributed by atoms with E-state index >= 15 is 0 Å². The molecule has 0 aliphatic rings. The molecule has 150 valence electrons. The van der Waals surface area contributed by atoms with Gasteiger partial charge in [0.2, 0.25) is 0 Å². The quantitative estimate of drug-likeness (QED) is 0.256. The second-order valence-corrected chi connectivity index (χ2v) is 6.30. The molecule has 0 saturated heterocycles. The molecule has 0 saturated carbocycles. The van der Waals surface area contributed by atoms with Crippen LogP contribution in [0.5, 0.6) is 0 Å². The van der Waals surface area contributed by atoms with Crippen molar-refractivity contribution in [3.05, 3.63) is 51.5 Å². The van der Waals surface area contributed by atoms with Crippen molar-refractivity contribution in [3.63, 3.8) is 0 Å². The minimum atomic E-state index is -4.48. The van der Waals surface area contributed by atoms with E-state index in [2.05, 4.69) is 20.6 Å². The van der Waals surface area contributed by atoms with Gasteiger partial charge in [0.25, 0.3) is 0 Å². The van der Waals surface area contributed by atoms with Gasteiger partial charge in [-0.05, 0) is 31.5 Å². The zero-order valence-corrected chi connectivity index (χ0v) is 17.5. The van der Waals surface area contributed by atoms with Crippen molar-refractivity contribution in [3.8, 4) is 0 Å². The molecule has 1 aromatic carbocycles. The van der Waals surface area contributed by atoms with Crippen LogP contribution in [0, 0.1) is 11.6 Å². The Hall–Kier alpha value is -1.50. The summed E-state index contributed by atoms with van der Waals surface area (Å²) in [6, 6.07) is 3.15. The van der Waals surface area contributed by atoms with Crippen LogP contribution in [0.25, 0.3) is 0 Å². The first-order chi connectivity index (χ1) is 12.2. The van der Waals surface area contributed by atoms with E-state index in [1.54, 1.807) is 6.92 Å². The molecule has 1 unspecified atom stereocenters. The number of hydrogen-bond acceptors (Lipinski definition) is 3. The summed E-state index contributed by atoms with van der Waals surface area (Å²) >= 11 is 0.870. The third-order valence-electron chi connectivity index (χ3n) is 3.36. The topological polar surface area (TPSA) is 49.3 Å². The Balaban J connectivity index is 0.00000364. The van der Waals surface area contributed by atoms with Gasteiger partial charge in [-0.15, -0.1) is 35.3 Å². The lowest BCUT2D eigenvalue weighted by Crippen LogP contribution is -2.38. The van der Waals surface area contributed by atoms with Gasteiger partial charge in [0.1, 0.15) is 5.01 Å². The van der Waals surface area contributed by atoms with Crippen molar-refractivity contribution in [2.45, 2.75) is 32.6 Å². The first kappa shape index (κ1) is 23.5. The predicted octanol–water partition coefficient (Wildman–Crippen LogP) is 4.87. The van der Waals surface area contributed by atoms with Gasteiger partial charge in [0.15, 0.2) is 23.3 Å². The molecule has 0 radical (unpaired) electrons. The summed E-state index contributed by atoms with van der Waals surface area (Å²) in [5.74, 6) is -1.57. The molecular weight excluding hydrogens is 502 g/mol. The van der Waals surface area contributed by atoms with Crippen LogP contribution in [-0.2, 0) is 12.7 Å². The molecule has 27 heavy (non-hydrogen) atoms. The lowest BCUT2D eigenvalue weighted by Gasteiger charge is -2.18. The highest BCUT2D eigenvalue weighted by Crippen LogP contribution is 2.30. The van der Waals surface area contributed by atoms with E-state index in [4.69, 9.17) is 0 Å². The highest BCUT2D eigenvalue weighted by atomic mass is 127. The van der Waals surface area contributed by atoms with Crippen molar-refractivity contribution in [1.82, 2.24) is 15.6 Å². The van der Waals surface area contributed by atoms with Crippen LogP contribution >= 0.6 is 35.3 Å². The minimum Gasteiger partial charge on any atom is -0.357 e. The van der Waals surface area contributed by atoms with Crippen molar-refractivity contribution in [2.75, 3.05) is 6.54 Å². The Kier molecular flexibility index (Phi) is 8.85. The number of alkyl halides is 3. The molecule has 0 fully saturated rings. The second kappa shape index (κ2) is 10.2. The Labute approximate surface area is 174 Å². The van der Waals surface area contributed by atoms with Crippen molar-refractivity contribution < 1.29 is 22.0 Å². The van der Waals surface area contributed by atoms with Gasteiger partial charge in [-0.1, -0.05) is 6.07 Å². The smallest absolute Gasteiger partial charge is 0.357 e. The number of guanidine groups is 1. The number of nitrogens with one attached hydrogen (secondary N) is 2. The fourth-order valence-corrected chi connectivity index (χ4v) is 2.77. The third kappa shape index (κ3) is 6.87. The van der Waals surface area contributed by atoms with Crippen molar-refractivity contribution in [2.24, 2.45) is 4.99 Å². The monoisotopic (exact) mass is 520 g/mol. The standard InChI is InChI=1S/C16H17F5N4S.HI/c1-3-22-15(23-7-14-25-13(8-26-14)16(19,20)21)24-9(2)10-4-5-11(17)12(18)6-10;/h4-6,8-9H,3,7H2,1-2H3,(H2,22,23,24);1H. The highest BCUT2D eigenvalue weighted by molar-refractivity contribution is 14.0. The summed E-state index contributed by atoms with van der Waals surface area (Å²) in [5, 5.41) is 7.09. The molecule has 4 nitrogen and oxygen atoms in total. The predicted molar refractivity (Wildman–Crippen MR) is 105 cm³/mol. The zero-order chi connectivity index (χ0) is 19.3. The zero-order valence-electron chi connectivity index (χ0n) is 14.4. The van der Waals surface area contributed by atoms with Crippen LogP contribution in [0.15, 0.2) is 28.6 Å². The van der Waals surface area contributed by atoms with E-state index in [0.29, 0.717) is 18.1 Å². The second-order valence-electron chi connectivity index (χ2n) is 5.36. The molecule has 0 spiro atoms. The Morgan fingerprint density at radius 1 is 1.26 bits per heavy atom. The lowest BCUT2D eigenvalue weighted by atomic mass is 10.1. The average Bonchev–Trinajstić information content (AvgIpc) is 3.04. The molecular formula is C16H18F5IN4S. The van der Waals surface area contributed by atoms with Crippen LogP contribution in [0.2, 0.25) is 0 Å². The van der Waals surface area contributed by atoms with E-state index in [1.807, 2.05) is 6.92 Å². The fraction of sp³-hybridized carbons (Fsp3) is 0.375. The van der Waals surface area contributed by atoms with Crippen LogP contribution < -0.4 is 10.6 Å². The third-order valence-corrected chi connectivity index (χ3v) is 4.19. The number of benzene rings is 1. The highest BCUT2D eigenvalue weighted by Gasteiger charge is 2.33. The Morgan fingerprint density at radius 2 is 1.96 bits per heavy atom. The van der Waals surface area contributed by atoms with Crippen molar-refractivity contribution >= 4 is 41.3 Å². The van der Waals surface area contributed by atoms with E-state index in [1.165, 1.54) is 6.07 Å². The molecule has 2 aromatic rings. The fourth-order valence-electron chi connectivity index (χ4n) is 2.05. The molecule has 1 atom stereocenters. The van der Waals surface area contributed by atoms with Gasteiger partial charge < -0.3 is 10.6 Å². The first-order valence-corrected chi connectivity index (χ1v) is 8.60. The molecule has 2 rings (SSSR count). The molecule has 0 aliphatic heterocycles. The summed E-state index contributed by atoms with van der Waals surface area (Å²) in [7, 11) is 0. The number of aliphatic imine (C=N–C) groups is 1. The molecule has 0 amide bonds. The van der Waals surface area contributed by atoms with E-state index < -0.39 is 29.5 Å². The molecule has 1 aromatic heterocycles. The number of thiazole rings is 1. The van der Waals surface area contributed by atoms with E-state index in [9.17, 15) is 22.0 Å². The molecule has 2 N–H and O–H groups in total. The molecule has 1 heterocycles. The largest absolute Gasteiger partial charge is 0.434 e. The van der Waals surface area contributed by atoms with Gasteiger partial charge in [-0.25, -0.2) is 18.8 Å². The maximum Gasteiger partial charge on any atom is 0.434 e.